The second-order valence-electron chi connectivity index (χ2n) is 4.12. The molecule has 1 saturated heterocycles. The van der Waals surface area contributed by atoms with Gasteiger partial charge in [-0.05, 0) is 32.2 Å². The number of rotatable bonds is 5. The van der Waals surface area contributed by atoms with Crippen LogP contribution < -0.4 is 16.0 Å². The summed E-state index contributed by atoms with van der Waals surface area (Å²) in [6.07, 6.45) is 5.88. The zero-order chi connectivity index (χ0) is 10.9. The number of hydrogen-bond donors (Lipinski definition) is 3. The lowest BCUT2D eigenvalue weighted by atomic mass is 10.0. The van der Waals surface area contributed by atoms with E-state index in [0.717, 1.165) is 32.5 Å². The molecule has 0 aromatic heterocycles. The fraction of sp³-hybridized carbons (Fsp3) is 0.909. The maximum absolute atomic E-state index is 11.2. The summed E-state index contributed by atoms with van der Waals surface area (Å²) in [5.74, 6) is 0. The molecular weight excluding hydrogens is 190 g/mol. The molecule has 1 atom stereocenters. The van der Waals surface area contributed by atoms with Crippen molar-refractivity contribution < 1.29 is 4.79 Å². The van der Waals surface area contributed by atoms with Crippen molar-refractivity contribution in [1.29, 1.82) is 0 Å². The second-order valence-corrected chi connectivity index (χ2v) is 4.12. The third-order valence-electron chi connectivity index (χ3n) is 2.73. The minimum Gasteiger partial charge on any atom is -0.338 e. The Bertz CT molecular complexity index is 179. The normalized spacial score (nSPS) is 21.0. The number of amides is 2. The van der Waals surface area contributed by atoms with Crippen LogP contribution in [0.1, 0.15) is 39.0 Å². The van der Waals surface area contributed by atoms with Crippen LogP contribution in [0.15, 0.2) is 0 Å². The zero-order valence-electron chi connectivity index (χ0n) is 9.64. The summed E-state index contributed by atoms with van der Waals surface area (Å²) in [6, 6.07) is 0.567. The van der Waals surface area contributed by atoms with Crippen molar-refractivity contribution in [2.45, 2.75) is 45.1 Å². The highest BCUT2D eigenvalue weighted by molar-refractivity contribution is 5.73. The molecule has 0 spiro atoms. The molecule has 1 unspecified atom stereocenters. The number of carbonyl (C=O) groups excluding carboxylic acids is 1. The Labute approximate surface area is 92.2 Å². The minimum absolute atomic E-state index is 0.0346. The van der Waals surface area contributed by atoms with E-state index in [9.17, 15) is 4.79 Å². The standard InChI is InChI=1S/C11H23N3O/c1-2-7-13-11(15)14-9-6-10-5-3-4-8-12-10/h10,12H,2-9H2,1H3,(H2,13,14,15). The molecule has 1 aliphatic heterocycles. The third-order valence-corrected chi connectivity index (χ3v) is 2.73. The molecule has 4 heteroatoms. The van der Waals surface area contributed by atoms with Crippen LogP contribution in [0.3, 0.4) is 0 Å². The number of urea groups is 1. The van der Waals surface area contributed by atoms with Crippen LogP contribution in [0.25, 0.3) is 0 Å². The van der Waals surface area contributed by atoms with Gasteiger partial charge in [0.1, 0.15) is 0 Å². The number of piperidine rings is 1. The number of carbonyl (C=O) groups is 1. The van der Waals surface area contributed by atoms with Gasteiger partial charge in [-0.15, -0.1) is 0 Å². The first-order valence-corrected chi connectivity index (χ1v) is 6.08. The Hall–Kier alpha value is -0.770. The largest absolute Gasteiger partial charge is 0.338 e. The third kappa shape index (κ3) is 5.62. The summed E-state index contributed by atoms with van der Waals surface area (Å²) in [5, 5.41) is 9.14. The van der Waals surface area contributed by atoms with Crippen molar-refractivity contribution in [2.24, 2.45) is 0 Å². The summed E-state index contributed by atoms with van der Waals surface area (Å²) in [7, 11) is 0. The van der Waals surface area contributed by atoms with Crippen molar-refractivity contribution >= 4 is 6.03 Å². The van der Waals surface area contributed by atoms with E-state index in [4.69, 9.17) is 0 Å². The first-order valence-electron chi connectivity index (χ1n) is 6.08. The van der Waals surface area contributed by atoms with E-state index in [1.807, 2.05) is 6.92 Å². The summed E-state index contributed by atoms with van der Waals surface area (Å²) >= 11 is 0. The summed E-state index contributed by atoms with van der Waals surface area (Å²) in [4.78, 5) is 11.2. The fourth-order valence-electron chi connectivity index (χ4n) is 1.83. The average Bonchev–Trinajstić information content (AvgIpc) is 2.28. The summed E-state index contributed by atoms with van der Waals surface area (Å²) in [5.41, 5.74) is 0. The molecule has 4 nitrogen and oxygen atoms in total. The summed E-state index contributed by atoms with van der Waals surface area (Å²) in [6.45, 7) is 4.71. The van der Waals surface area contributed by atoms with Crippen LogP contribution in [0.4, 0.5) is 4.79 Å². The van der Waals surface area contributed by atoms with Gasteiger partial charge in [0.2, 0.25) is 0 Å². The van der Waals surface area contributed by atoms with E-state index in [0.29, 0.717) is 6.04 Å². The molecule has 1 rings (SSSR count). The number of nitrogens with one attached hydrogen (secondary N) is 3. The second kappa shape index (κ2) is 7.51. The zero-order valence-corrected chi connectivity index (χ0v) is 9.64. The van der Waals surface area contributed by atoms with Crippen LogP contribution in [-0.4, -0.2) is 31.7 Å². The smallest absolute Gasteiger partial charge is 0.314 e. The molecule has 1 fully saturated rings. The van der Waals surface area contributed by atoms with Gasteiger partial charge >= 0.3 is 6.03 Å². The van der Waals surface area contributed by atoms with E-state index in [1.54, 1.807) is 0 Å². The van der Waals surface area contributed by atoms with Crippen molar-refractivity contribution in [3.8, 4) is 0 Å². The van der Waals surface area contributed by atoms with E-state index in [1.165, 1.54) is 19.3 Å². The molecule has 0 radical (unpaired) electrons. The Balaban J connectivity index is 1.97. The van der Waals surface area contributed by atoms with Gasteiger partial charge in [-0.3, -0.25) is 0 Å². The van der Waals surface area contributed by atoms with Gasteiger partial charge in [0.15, 0.2) is 0 Å². The Morgan fingerprint density at radius 2 is 2.13 bits per heavy atom. The fourth-order valence-corrected chi connectivity index (χ4v) is 1.83. The Morgan fingerprint density at radius 1 is 1.33 bits per heavy atom. The van der Waals surface area contributed by atoms with Crippen molar-refractivity contribution in [2.75, 3.05) is 19.6 Å². The highest BCUT2D eigenvalue weighted by Crippen LogP contribution is 2.08. The molecule has 2 amide bonds. The van der Waals surface area contributed by atoms with Crippen LogP contribution in [0, 0.1) is 0 Å². The van der Waals surface area contributed by atoms with E-state index < -0.39 is 0 Å². The quantitative estimate of drug-likeness (QED) is 0.643. The molecule has 88 valence electrons. The van der Waals surface area contributed by atoms with Gasteiger partial charge < -0.3 is 16.0 Å². The molecule has 0 aliphatic carbocycles. The molecule has 0 aromatic carbocycles. The first-order chi connectivity index (χ1) is 7.33. The van der Waals surface area contributed by atoms with Crippen molar-refractivity contribution in [3.05, 3.63) is 0 Å². The number of hydrogen-bond acceptors (Lipinski definition) is 2. The van der Waals surface area contributed by atoms with Gasteiger partial charge in [0, 0.05) is 19.1 Å². The molecular formula is C11H23N3O. The van der Waals surface area contributed by atoms with E-state index in [-0.39, 0.29) is 6.03 Å². The molecule has 1 heterocycles. The van der Waals surface area contributed by atoms with Crippen LogP contribution >= 0.6 is 0 Å². The van der Waals surface area contributed by atoms with Crippen LogP contribution in [0.2, 0.25) is 0 Å². The van der Waals surface area contributed by atoms with Crippen LogP contribution in [0.5, 0.6) is 0 Å². The van der Waals surface area contributed by atoms with E-state index in [2.05, 4.69) is 16.0 Å². The van der Waals surface area contributed by atoms with Crippen molar-refractivity contribution in [3.63, 3.8) is 0 Å². The van der Waals surface area contributed by atoms with Gasteiger partial charge in [-0.1, -0.05) is 13.3 Å². The lowest BCUT2D eigenvalue weighted by molar-refractivity contribution is 0.240. The average molecular weight is 213 g/mol. The van der Waals surface area contributed by atoms with Gasteiger partial charge in [-0.25, -0.2) is 4.79 Å². The van der Waals surface area contributed by atoms with Gasteiger partial charge in [-0.2, -0.15) is 0 Å². The maximum Gasteiger partial charge on any atom is 0.314 e. The summed E-state index contributed by atoms with van der Waals surface area (Å²) < 4.78 is 0. The monoisotopic (exact) mass is 213 g/mol. The Morgan fingerprint density at radius 3 is 2.80 bits per heavy atom. The lowest BCUT2D eigenvalue weighted by Crippen LogP contribution is -2.40. The SMILES string of the molecule is CCCNC(=O)NCCC1CCCCN1. The predicted octanol–water partition coefficient (Wildman–Crippen LogP) is 1.23. The molecule has 15 heavy (non-hydrogen) atoms. The molecule has 1 aliphatic rings. The Kier molecular flexibility index (Phi) is 6.16. The minimum atomic E-state index is -0.0346. The highest BCUT2D eigenvalue weighted by Gasteiger charge is 2.11. The van der Waals surface area contributed by atoms with Crippen LogP contribution in [-0.2, 0) is 0 Å². The molecule has 0 saturated carbocycles. The molecule has 3 N–H and O–H groups in total. The van der Waals surface area contributed by atoms with Gasteiger partial charge in [0.25, 0.3) is 0 Å². The maximum atomic E-state index is 11.2. The van der Waals surface area contributed by atoms with E-state index >= 15 is 0 Å². The first kappa shape index (κ1) is 12.3. The topological polar surface area (TPSA) is 53.2 Å². The van der Waals surface area contributed by atoms with Crippen molar-refractivity contribution in [1.82, 2.24) is 16.0 Å². The predicted molar refractivity (Wildman–Crippen MR) is 62.0 cm³/mol. The highest BCUT2D eigenvalue weighted by atomic mass is 16.2. The lowest BCUT2D eigenvalue weighted by Gasteiger charge is -2.23. The molecule has 0 aromatic rings. The van der Waals surface area contributed by atoms with Gasteiger partial charge in [0.05, 0.1) is 0 Å². The molecule has 0 bridgehead atoms.